The van der Waals surface area contributed by atoms with Crippen LogP contribution in [0.5, 0.6) is 5.75 Å². The molecule has 28 heavy (non-hydrogen) atoms. The maximum atomic E-state index is 12.6. The van der Waals surface area contributed by atoms with Crippen molar-refractivity contribution < 1.29 is 14.3 Å². The molecule has 0 radical (unpaired) electrons. The monoisotopic (exact) mass is 387 g/mol. The molecular weight excluding hydrogens is 354 g/mol. The molecule has 154 valence electrons. The van der Waals surface area contributed by atoms with Gasteiger partial charge in [0.25, 0.3) is 0 Å². The van der Waals surface area contributed by atoms with Crippen LogP contribution < -0.4 is 5.63 Å². The predicted molar refractivity (Wildman–Crippen MR) is 114 cm³/mol. The molecule has 1 aromatic rings. The van der Waals surface area contributed by atoms with Gasteiger partial charge < -0.3 is 14.9 Å². The molecule has 0 bridgehead atoms. The third-order valence-electron chi connectivity index (χ3n) is 4.63. The highest BCUT2D eigenvalue weighted by Gasteiger charge is 2.20. The fourth-order valence-electron chi connectivity index (χ4n) is 2.86. The first kappa shape index (κ1) is 23.6. The molecule has 0 fully saturated rings. The van der Waals surface area contributed by atoms with Gasteiger partial charge in [-0.1, -0.05) is 43.9 Å². The summed E-state index contributed by atoms with van der Waals surface area (Å²) in [5.74, 6) is -0.499. The maximum Gasteiger partial charge on any atom is 0.351 e. The van der Waals surface area contributed by atoms with Gasteiger partial charge in [0.2, 0.25) is 0 Å². The molecule has 1 aromatic heterocycles. The number of carbonyl (C=O) groups is 1. The third-order valence-corrected chi connectivity index (χ3v) is 4.63. The van der Waals surface area contributed by atoms with E-state index in [0.29, 0.717) is 24.2 Å². The van der Waals surface area contributed by atoms with Crippen LogP contribution in [0, 0.1) is 5.41 Å². The average Bonchev–Trinajstić information content (AvgIpc) is 2.66. The number of aryl methyl sites for hydroxylation is 1. The first-order valence-electron chi connectivity index (χ1n) is 10.1. The molecule has 0 saturated heterocycles. The van der Waals surface area contributed by atoms with Crippen molar-refractivity contribution in [2.24, 2.45) is 0 Å². The summed E-state index contributed by atoms with van der Waals surface area (Å²) in [7, 11) is 0. The van der Waals surface area contributed by atoms with Gasteiger partial charge in [-0.25, -0.2) is 4.79 Å². The molecule has 0 aliphatic heterocycles. The minimum atomic E-state index is -0.805. The second-order valence-electron chi connectivity index (χ2n) is 7.21. The molecule has 0 aliphatic rings. The van der Waals surface area contributed by atoms with E-state index in [1.165, 1.54) is 37.1 Å². The molecule has 0 aromatic carbocycles. The first-order chi connectivity index (χ1) is 13.4. The summed E-state index contributed by atoms with van der Waals surface area (Å²) in [4.78, 5) is 24.8. The zero-order chi connectivity index (χ0) is 20.9. The Labute approximate surface area is 167 Å². The van der Waals surface area contributed by atoms with E-state index in [4.69, 9.17) is 9.83 Å². The van der Waals surface area contributed by atoms with E-state index < -0.39 is 11.4 Å². The molecule has 5 nitrogen and oxygen atoms in total. The van der Waals surface area contributed by atoms with Gasteiger partial charge in [0.05, 0.1) is 0 Å². The summed E-state index contributed by atoms with van der Waals surface area (Å²) >= 11 is 0. The van der Waals surface area contributed by atoms with Gasteiger partial charge in [-0.05, 0) is 57.7 Å². The number of carbonyl (C=O) groups excluding carboxylic acids is 1. The van der Waals surface area contributed by atoms with Gasteiger partial charge in [0.1, 0.15) is 17.1 Å². The minimum Gasteiger partial charge on any atom is -0.507 e. The van der Waals surface area contributed by atoms with E-state index in [1.807, 2.05) is 13.0 Å². The fraction of sp³-hybridized carbons (Fsp3) is 0.522. The minimum absolute atomic E-state index is 0.314. The highest BCUT2D eigenvalue weighted by Crippen LogP contribution is 2.20. The molecule has 0 saturated carbocycles. The number of allylic oxidation sites excluding steroid dienone is 4. The van der Waals surface area contributed by atoms with Crippen molar-refractivity contribution in [2.75, 3.05) is 0 Å². The Hall–Kier alpha value is -2.43. The number of hydrogen-bond donors (Lipinski definition) is 2. The van der Waals surface area contributed by atoms with Gasteiger partial charge in [-0.15, -0.1) is 0 Å². The lowest BCUT2D eigenvalue weighted by Gasteiger charge is -2.05. The van der Waals surface area contributed by atoms with E-state index in [1.54, 1.807) is 13.0 Å². The number of rotatable bonds is 13. The number of aromatic hydroxyl groups is 1. The van der Waals surface area contributed by atoms with Crippen LogP contribution in [0.3, 0.4) is 0 Å². The van der Waals surface area contributed by atoms with E-state index >= 15 is 0 Å². The van der Waals surface area contributed by atoms with Crippen LogP contribution in [0.4, 0.5) is 0 Å². The van der Waals surface area contributed by atoms with Gasteiger partial charge in [-0.3, -0.25) is 4.79 Å². The number of hydrogen-bond acceptors (Lipinski definition) is 5. The Balaban J connectivity index is 2.81. The van der Waals surface area contributed by atoms with Crippen LogP contribution >= 0.6 is 0 Å². The van der Waals surface area contributed by atoms with Crippen LogP contribution in [0.1, 0.15) is 88.3 Å². The quantitative estimate of drug-likeness (QED) is 0.148. The summed E-state index contributed by atoms with van der Waals surface area (Å²) in [5, 5.41) is 17.2. The second-order valence-corrected chi connectivity index (χ2v) is 7.21. The van der Waals surface area contributed by atoms with Crippen molar-refractivity contribution in [3.8, 4) is 5.75 Å². The summed E-state index contributed by atoms with van der Waals surface area (Å²) in [6.45, 7) is 5.84. The van der Waals surface area contributed by atoms with Crippen molar-refractivity contribution >= 4 is 12.0 Å². The average molecular weight is 388 g/mol. The van der Waals surface area contributed by atoms with Gasteiger partial charge >= 0.3 is 5.63 Å². The molecule has 5 heteroatoms. The second kappa shape index (κ2) is 12.9. The normalized spacial score (nSPS) is 12.2. The van der Waals surface area contributed by atoms with E-state index in [2.05, 4.69) is 6.92 Å². The molecule has 0 unspecified atom stereocenters. The van der Waals surface area contributed by atoms with Crippen LogP contribution in [0.15, 0.2) is 38.6 Å². The highest BCUT2D eigenvalue weighted by atomic mass is 16.4. The van der Waals surface area contributed by atoms with Gasteiger partial charge in [-0.2, -0.15) is 0 Å². The molecule has 0 aliphatic carbocycles. The number of Topliss-reactive ketones (excluding diaryl/α,β-unsaturated/α-hetero) is 1. The van der Waals surface area contributed by atoms with Crippen molar-refractivity contribution in [2.45, 2.75) is 78.6 Å². The fourth-order valence-corrected chi connectivity index (χ4v) is 2.86. The Morgan fingerprint density at radius 1 is 1.14 bits per heavy atom. The van der Waals surface area contributed by atoms with Crippen LogP contribution in [0.25, 0.3) is 0 Å². The van der Waals surface area contributed by atoms with E-state index in [0.717, 1.165) is 25.7 Å². The molecule has 0 spiro atoms. The predicted octanol–water partition coefficient (Wildman–Crippen LogP) is 5.75. The van der Waals surface area contributed by atoms with Gasteiger partial charge in [0, 0.05) is 12.5 Å². The zero-order valence-corrected chi connectivity index (χ0v) is 17.3. The van der Waals surface area contributed by atoms with Crippen molar-refractivity contribution in [3.63, 3.8) is 0 Å². The lowest BCUT2D eigenvalue weighted by molar-refractivity contribution is 0.102. The van der Waals surface area contributed by atoms with Crippen molar-refractivity contribution in [1.29, 1.82) is 5.41 Å². The maximum absolute atomic E-state index is 12.6. The van der Waals surface area contributed by atoms with Gasteiger partial charge in [0.15, 0.2) is 5.78 Å². The van der Waals surface area contributed by atoms with E-state index in [-0.39, 0.29) is 11.3 Å². The topological polar surface area (TPSA) is 91.4 Å². The smallest absolute Gasteiger partial charge is 0.351 e. The highest BCUT2D eigenvalue weighted by molar-refractivity contribution is 6.09. The molecule has 1 heterocycles. The summed E-state index contributed by atoms with van der Waals surface area (Å²) in [6, 6.07) is 1.35. The Morgan fingerprint density at radius 2 is 1.89 bits per heavy atom. The number of ketones is 1. The lowest BCUT2D eigenvalue weighted by atomic mass is 10.0. The summed E-state index contributed by atoms with van der Waals surface area (Å²) in [5.41, 5.74) is 0.445. The largest absolute Gasteiger partial charge is 0.507 e. The Bertz CT molecular complexity index is 771. The Kier molecular flexibility index (Phi) is 10.8. The number of nitrogens with one attached hydrogen (secondary N) is 1. The summed E-state index contributed by atoms with van der Waals surface area (Å²) < 4.78 is 5.21. The summed E-state index contributed by atoms with van der Waals surface area (Å²) in [6.07, 6.45) is 13.4. The standard InChI is InChI=1S/C23H33NO4/c1-4-5-6-8-11-17(2)13-14-18(3)22(26)21-20(25)16-19(28-23(21)27)12-9-7-10-15-24/h13-16,24-25H,4-12H2,1-3H3. The van der Waals surface area contributed by atoms with E-state index in [9.17, 15) is 14.7 Å². The van der Waals surface area contributed by atoms with Crippen molar-refractivity contribution in [3.05, 3.63) is 51.1 Å². The SMILES string of the molecule is CCCCCCC(C)=CC=C(C)C(=O)c1c(O)cc(CCCCC=N)oc1=O. The molecule has 1 rings (SSSR count). The van der Waals surface area contributed by atoms with Crippen LogP contribution in [-0.4, -0.2) is 17.1 Å². The first-order valence-corrected chi connectivity index (χ1v) is 10.1. The zero-order valence-electron chi connectivity index (χ0n) is 17.3. The number of unbranched alkanes of at least 4 members (excludes halogenated alkanes) is 5. The van der Waals surface area contributed by atoms with Crippen molar-refractivity contribution in [1.82, 2.24) is 0 Å². The molecule has 0 amide bonds. The van der Waals surface area contributed by atoms with Crippen LogP contribution in [-0.2, 0) is 6.42 Å². The molecule has 2 N–H and O–H groups in total. The van der Waals surface area contributed by atoms with Crippen LogP contribution in [0.2, 0.25) is 0 Å². The molecular formula is C23H33NO4. The molecule has 0 atom stereocenters. The lowest BCUT2D eigenvalue weighted by Crippen LogP contribution is -2.16. The Morgan fingerprint density at radius 3 is 2.54 bits per heavy atom. The third kappa shape index (κ3) is 8.07.